The lowest BCUT2D eigenvalue weighted by molar-refractivity contribution is 0.0736. The summed E-state index contributed by atoms with van der Waals surface area (Å²) in [4.78, 5) is 12.7. The number of rotatable bonds is 5. The molecule has 4 aromatic rings. The van der Waals surface area contributed by atoms with Crippen molar-refractivity contribution in [3.63, 3.8) is 0 Å². The number of hydrogen-bond acceptors (Lipinski definition) is 7. The van der Waals surface area contributed by atoms with Gasteiger partial charge in [-0.05, 0) is 44.5 Å². The molecule has 0 spiro atoms. The standard InChI is InChI=1S/C22H21F2N7O/c1-12-14(7-5-8-15(12)23)21-27-19(18(24)20(25)28-21)16-11-31(30-29-16)10-13-6-4-9-17(26-13)22(2,3)32/h4-9,11,32H,10H2,1-3H3,(H2,25,27,28). The van der Waals surface area contributed by atoms with Crippen LogP contribution in [0.5, 0.6) is 0 Å². The molecule has 0 saturated heterocycles. The molecule has 0 aliphatic rings. The quantitative estimate of drug-likeness (QED) is 0.492. The number of halogens is 2. The number of aromatic nitrogens is 6. The summed E-state index contributed by atoms with van der Waals surface area (Å²) in [6, 6.07) is 9.76. The Balaban J connectivity index is 1.69. The van der Waals surface area contributed by atoms with Gasteiger partial charge in [0.15, 0.2) is 17.5 Å². The van der Waals surface area contributed by atoms with Gasteiger partial charge in [0.1, 0.15) is 22.8 Å². The fourth-order valence-corrected chi connectivity index (χ4v) is 3.16. The molecule has 1 aromatic carbocycles. The molecule has 8 nitrogen and oxygen atoms in total. The zero-order valence-electron chi connectivity index (χ0n) is 17.7. The summed E-state index contributed by atoms with van der Waals surface area (Å²) in [5.74, 6) is -1.55. The maximum atomic E-state index is 14.7. The first-order valence-electron chi connectivity index (χ1n) is 9.81. The topological polar surface area (TPSA) is 116 Å². The third-order valence-corrected chi connectivity index (χ3v) is 4.92. The fraction of sp³-hybridized carbons (Fsp3) is 0.227. The van der Waals surface area contributed by atoms with Gasteiger partial charge in [0.25, 0.3) is 0 Å². The van der Waals surface area contributed by atoms with Crippen LogP contribution in [0.15, 0.2) is 42.6 Å². The molecule has 0 amide bonds. The molecule has 4 rings (SSSR count). The second kappa shape index (κ2) is 8.04. The van der Waals surface area contributed by atoms with Crippen molar-refractivity contribution >= 4 is 5.82 Å². The number of benzene rings is 1. The molecule has 3 N–H and O–H groups in total. The van der Waals surface area contributed by atoms with Gasteiger partial charge in [-0.25, -0.2) is 23.4 Å². The van der Waals surface area contributed by atoms with Crippen molar-refractivity contribution in [1.29, 1.82) is 0 Å². The average Bonchev–Trinajstić information content (AvgIpc) is 3.20. The zero-order valence-corrected chi connectivity index (χ0v) is 17.7. The maximum Gasteiger partial charge on any atom is 0.193 e. The van der Waals surface area contributed by atoms with Crippen molar-refractivity contribution in [3.8, 4) is 22.8 Å². The Hall–Kier alpha value is -3.79. The van der Waals surface area contributed by atoms with E-state index in [0.717, 1.165) is 0 Å². The van der Waals surface area contributed by atoms with Crippen molar-refractivity contribution < 1.29 is 13.9 Å². The number of anilines is 1. The van der Waals surface area contributed by atoms with Crippen molar-refractivity contribution in [2.75, 3.05) is 5.73 Å². The Morgan fingerprint density at radius 3 is 2.56 bits per heavy atom. The van der Waals surface area contributed by atoms with E-state index in [9.17, 15) is 13.9 Å². The van der Waals surface area contributed by atoms with Gasteiger partial charge < -0.3 is 10.8 Å². The molecule has 0 aliphatic heterocycles. The number of hydrogen-bond donors (Lipinski definition) is 2. The molecule has 0 fully saturated rings. The summed E-state index contributed by atoms with van der Waals surface area (Å²) in [6.45, 7) is 5.12. The first-order valence-corrected chi connectivity index (χ1v) is 9.81. The zero-order chi connectivity index (χ0) is 23.0. The summed E-state index contributed by atoms with van der Waals surface area (Å²) in [6.07, 6.45) is 1.51. The van der Waals surface area contributed by atoms with Gasteiger partial charge in [-0.15, -0.1) is 5.10 Å². The van der Waals surface area contributed by atoms with Crippen molar-refractivity contribution in [2.24, 2.45) is 0 Å². The molecule has 164 valence electrons. The fourth-order valence-electron chi connectivity index (χ4n) is 3.16. The molecular formula is C22H21F2N7O. The number of nitrogens with zero attached hydrogens (tertiary/aromatic N) is 6. The van der Waals surface area contributed by atoms with Crippen molar-refractivity contribution in [2.45, 2.75) is 32.9 Å². The van der Waals surface area contributed by atoms with E-state index < -0.39 is 17.2 Å². The highest BCUT2D eigenvalue weighted by Gasteiger charge is 2.20. The summed E-state index contributed by atoms with van der Waals surface area (Å²) in [7, 11) is 0. The van der Waals surface area contributed by atoms with E-state index in [2.05, 4.69) is 25.3 Å². The number of aliphatic hydroxyl groups is 1. The number of nitrogen functional groups attached to an aromatic ring is 1. The Bertz CT molecular complexity index is 1300. The molecule has 0 bridgehead atoms. The normalized spacial score (nSPS) is 11.7. The molecule has 10 heteroatoms. The Morgan fingerprint density at radius 1 is 1.06 bits per heavy atom. The van der Waals surface area contributed by atoms with Gasteiger partial charge in [-0.2, -0.15) is 0 Å². The van der Waals surface area contributed by atoms with Gasteiger partial charge in [0.2, 0.25) is 0 Å². The third kappa shape index (κ3) is 4.17. The van der Waals surface area contributed by atoms with Crippen LogP contribution >= 0.6 is 0 Å². The van der Waals surface area contributed by atoms with Gasteiger partial charge in [0, 0.05) is 5.56 Å². The molecule has 3 aromatic heterocycles. The summed E-state index contributed by atoms with van der Waals surface area (Å²) in [5.41, 5.74) is 6.56. The SMILES string of the molecule is Cc1c(F)cccc1-c1nc(N)c(F)c(-c2cn(Cc3cccc(C(C)(C)O)n3)nn2)n1. The van der Waals surface area contributed by atoms with Gasteiger partial charge in [-0.3, -0.25) is 4.98 Å². The second-order valence-electron chi connectivity index (χ2n) is 7.88. The smallest absolute Gasteiger partial charge is 0.193 e. The summed E-state index contributed by atoms with van der Waals surface area (Å²) < 4.78 is 30.2. The van der Waals surface area contributed by atoms with E-state index in [1.807, 2.05) is 0 Å². The molecule has 0 atom stereocenters. The minimum atomic E-state index is -1.09. The van der Waals surface area contributed by atoms with E-state index in [1.54, 1.807) is 45.0 Å². The molecule has 0 saturated carbocycles. The lowest BCUT2D eigenvalue weighted by Gasteiger charge is -2.17. The highest BCUT2D eigenvalue weighted by molar-refractivity contribution is 5.67. The first kappa shape index (κ1) is 21.4. The molecule has 3 heterocycles. The van der Waals surface area contributed by atoms with Crippen LogP contribution in [0, 0.1) is 18.6 Å². The highest BCUT2D eigenvalue weighted by Crippen LogP contribution is 2.28. The largest absolute Gasteiger partial charge is 0.384 e. The van der Waals surface area contributed by atoms with Crippen LogP contribution in [0.25, 0.3) is 22.8 Å². The monoisotopic (exact) mass is 437 g/mol. The Labute approximate surface area is 182 Å². The molecule has 0 unspecified atom stereocenters. The molecule has 0 radical (unpaired) electrons. The number of nitrogens with two attached hydrogens (primary N) is 1. The Kier molecular flexibility index (Phi) is 5.39. The minimum absolute atomic E-state index is 0.0880. The lowest BCUT2D eigenvalue weighted by Crippen LogP contribution is -2.18. The average molecular weight is 437 g/mol. The van der Waals surface area contributed by atoms with Crippen LogP contribution in [0.4, 0.5) is 14.6 Å². The van der Waals surface area contributed by atoms with Gasteiger partial charge in [0.05, 0.1) is 24.1 Å². The van der Waals surface area contributed by atoms with Crippen LogP contribution in [-0.2, 0) is 12.1 Å². The molecule has 32 heavy (non-hydrogen) atoms. The van der Waals surface area contributed by atoms with Crippen LogP contribution in [-0.4, -0.2) is 35.1 Å². The van der Waals surface area contributed by atoms with E-state index in [0.29, 0.717) is 22.5 Å². The van der Waals surface area contributed by atoms with Crippen LogP contribution in [0.1, 0.15) is 30.8 Å². The van der Waals surface area contributed by atoms with E-state index in [-0.39, 0.29) is 29.6 Å². The maximum absolute atomic E-state index is 14.7. The van der Waals surface area contributed by atoms with Crippen molar-refractivity contribution in [3.05, 3.63) is 71.2 Å². The van der Waals surface area contributed by atoms with Crippen LogP contribution in [0.3, 0.4) is 0 Å². The third-order valence-electron chi connectivity index (χ3n) is 4.92. The van der Waals surface area contributed by atoms with Crippen LogP contribution in [0.2, 0.25) is 0 Å². The number of pyridine rings is 1. The van der Waals surface area contributed by atoms with Crippen LogP contribution < -0.4 is 5.73 Å². The predicted molar refractivity (Wildman–Crippen MR) is 114 cm³/mol. The first-order chi connectivity index (χ1) is 15.1. The van der Waals surface area contributed by atoms with E-state index >= 15 is 0 Å². The van der Waals surface area contributed by atoms with Gasteiger partial charge in [-0.1, -0.05) is 23.4 Å². The molecule has 0 aliphatic carbocycles. The molecular weight excluding hydrogens is 416 g/mol. The van der Waals surface area contributed by atoms with E-state index in [1.165, 1.54) is 23.0 Å². The summed E-state index contributed by atoms with van der Waals surface area (Å²) in [5, 5.41) is 18.2. The summed E-state index contributed by atoms with van der Waals surface area (Å²) >= 11 is 0. The Morgan fingerprint density at radius 2 is 1.81 bits per heavy atom. The predicted octanol–water partition coefficient (Wildman–Crippen LogP) is 3.24. The van der Waals surface area contributed by atoms with Crippen molar-refractivity contribution in [1.82, 2.24) is 29.9 Å². The lowest BCUT2D eigenvalue weighted by atomic mass is 10.0. The second-order valence-corrected chi connectivity index (χ2v) is 7.88. The van der Waals surface area contributed by atoms with E-state index in [4.69, 9.17) is 5.73 Å². The van der Waals surface area contributed by atoms with Gasteiger partial charge >= 0.3 is 0 Å². The highest BCUT2D eigenvalue weighted by atomic mass is 19.1. The minimum Gasteiger partial charge on any atom is -0.384 e.